The van der Waals surface area contributed by atoms with E-state index < -0.39 is 0 Å². The lowest BCUT2D eigenvalue weighted by atomic mass is 10.2. The highest BCUT2D eigenvalue weighted by atomic mass is 79.9. The molecule has 2 rings (SSSR count). The molecule has 0 aliphatic carbocycles. The van der Waals surface area contributed by atoms with E-state index in [4.69, 9.17) is 0 Å². The SMILES string of the molecule is O=C(c1cccn1Br)c1cccn1Br. The number of carbonyl (C=O) groups is 1. The molecular formula is C9H6Br2N2O. The molecule has 0 unspecified atom stereocenters. The molecule has 0 saturated carbocycles. The van der Waals surface area contributed by atoms with Crippen LogP contribution >= 0.6 is 32.3 Å². The minimum atomic E-state index is -0.0336. The van der Waals surface area contributed by atoms with Gasteiger partial charge >= 0.3 is 0 Å². The van der Waals surface area contributed by atoms with Gasteiger partial charge in [-0.25, -0.2) is 0 Å². The average Bonchev–Trinajstić information content (AvgIpc) is 2.73. The van der Waals surface area contributed by atoms with Crippen LogP contribution in [0.5, 0.6) is 0 Å². The third kappa shape index (κ3) is 1.57. The topological polar surface area (TPSA) is 26.9 Å². The van der Waals surface area contributed by atoms with Crippen molar-refractivity contribution in [1.82, 2.24) is 7.19 Å². The Hall–Kier alpha value is -0.810. The molecule has 0 N–H and O–H groups in total. The second-order valence-corrected chi connectivity index (χ2v) is 4.27. The molecule has 0 radical (unpaired) electrons. The number of hydrogen-bond donors (Lipinski definition) is 0. The third-order valence-corrected chi connectivity index (χ3v) is 3.10. The molecule has 5 heteroatoms. The van der Waals surface area contributed by atoms with Gasteiger partial charge in [0.15, 0.2) is 0 Å². The fourth-order valence-corrected chi connectivity index (χ4v) is 2.03. The molecule has 3 nitrogen and oxygen atoms in total. The van der Waals surface area contributed by atoms with Gasteiger partial charge in [-0.3, -0.25) is 12.0 Å². The first-order valence-electron chi connectivity index (χ1n) is 3.92. The Kier molecular flexibility index (Phi) is 2.60. The van der Waals surface area contributed by atoms with Crippen LogP contribution in [0.2, 0.25) is 0 Å². The Labute approximate surface area is 98.0 Å². The van der Waals surface area contributed by atoms with Crippen LogP contribution in [0.3, 0.4) is 0 Å². The first-order valence-corrected chi connectivity index (χ1v) is 5.34. The molecule has 0 saturated heterocycles. The van der Waals surface area contributed by atoms with Crippen molar-refractivity contribution in [3.8, 4) is 0 Å². The Morgan fingerprint density at radius 3 is 1.71 bits per heavy atom. The summed E-state index contributed by atoms with van der Waals surface area (Å²) < 4.78 is 3.24. The van der Waals surface area contributed by atoms with Gasteiger partial charge in [0.1, 0.15) is 11.4 Å². The number of nitrogens with zero attached hydrogens (tertiary/aromatic N) is 2. The van der Waals surface area contributed by atoms with Gasteiger partial charge in [-0.15, -0.1) is 0 Å². The second-order valence-electron chi connectivity index (χ2n) is 2.74. The van der Waals surface area contributed by atoms with E-state index in [1.165, 1.54) is 0 Å². The fourth-order valence-electron chi connectivity index (χ4n) is 1.20. The van der Waals surface area contributed by atoms with Crippen molar-refractivity contribution in [1.29, 1.82) is 0 Å². The largest absolute Gasteiger partial charge is 0.285 e. The van der Waals surface area contributed by atoms with Gasteiger partial charge in [0.2, 0.25) is 5.78 Å². The van der Waals surface area contributed by atoms with E-state index in [1.807, 2.05) is 12.1 Å². The number of halogens is 2. The zero-order valence-corrected chi connectivity index (χ0v) is 10.2. The zero-order chi connectivity index (χ0) is 10.1. The van der Waals surface area contributed by atoms with Crippen molar-refractivity contribution in [2.24, 2.45) is 0 Å². The quantitative estimate of drug-likeness (QED) is 0.782. The van der Waals surface area contributed by atoms with Crippen LogP contribution in [0.1, 0.15) is 16.2 Å². The lowest BCUT2D eigenvalue weighted by molar-refractivity contribution is 0.102. The van der Waals surface area contributed by atoms with Crippen LogP contribution in [0.15, 0.2) is 36.7 Å². The highest BCUT2D eigenvalue weighted by Gasteiger charge is 2.14. The molecule has 14 heavy (non-hydrogen) atoms. The van der Waals surface area contributed by atoms with E-state index in [0.717, 1.165) is 0 Å². The first-order chi connectivity index (χ1) is 6.70. The van der Waals surface area contributed by atoms with Crippen LogP contribution in [-0.2, 0) is 0 Å². The first kappa shape index (κ1) is 9.73. The summed E-state index contributed by atoms with van der Waals surface area (Å²) in [6, 6.07) is 7.14. The summed E-state index contributed by atoms with van der Waals surface area (Å²) >= 11 is 6.50. The summed E-state index contributed by atoms with van der Waals surface area (Å²) in [5, 5.41) is 0. The maximum Gasteiger partial charge on any atom is 0.227 e. The lowest BCUT2D eigenvalue weighted by Crippen LogP contribution is -2.06. The molecule has 0 aliphatic heterocycles. The number of hydrogen-bond acceptors (Lipinski definition) is 1. The summed E-state index contributed by atoms with van der Waals surface area (Å²) in [5.74, 6) is -0.0336. The minimum absolute atomic E-state index is 0.0336. The predicted molar refractivity (Wildman–Crippen MR) is 60.9 cm³/mol. The highest BCUT2D eigenvalue weighted by Crippen LogP contribution is 2.14. The average molecular weight is 318 g/mol. The minimum Gasteiger partial charge on any atom is -0.285 e. The standard InChI is InChI=1S/C9H6Br2N2O/c10-12-5-1-3-7(12)9(14)8-4-2-6-13(8)11/h1-6H. The zero-order valence-electron chi connectivity index (χ0n) is 7.02. The molecule has 0 spiro atoms. The van der Waals surface area contributed by atoms with Gasteiger partial charge in [0.05, 0.1) is 32.3 Å². The third-order valence-electron chi connectivity index (χ3n) is 1.87. The van der Waals surface area contributed by atoms with Crippen LogP contribution < -0.4 is 0 Å². The molecule has 0 aliphatic rings. The van der Waals surface area contributed by atoms with Crippen LogP contribution in [0, 0.1) is 0 Å². The molecule has 0 aromatic carbocycles. The molecular weight excluding hydrogens is 312 g/mol. The van der Waals surface area contributed by atoms with Gasteiger partial charge < -0.3 is 0 Å². The fraction of sp³-hybridized carbons (Fsp3) is 0. The summed E-state index contributed by atoms with van der Waals surface area (Å²) in [6.07, 6.45) is 3.55. The van der Waals surface area contributed by atoms with E-state index in [2.05, 4.69) is 32.3 Å². The number of aromatic nitrogens is 2. The Morgan fingerprint density at radius 1 is 1.00 bits per heavy atom. The van der Waals surface area contributed by atoms with Crippen LogP contribution in [0.25, 0.3) is 0 Å². The number of ketones is 1. The van der Waals surface area contributed by atoms with Gasteiger partial charge in [-0.2, -0.15) is 0 Å². The van der Waals surface area contributed by atoms with Gasteiger partial charge in [0.25, 0.3) is 0 Å². The second kappa shape index (κ2) is 3.74. The van der Waals surface area contributed by atoms with Crippen molar-refractivity contribution in [3.05, 3.63) is 48.0 Å². The van der Waals surface area contributed by atoms with E-state index in [0.29, 0.717) is 11.4 Å². The molecule has 0 amide bonds. The lowest BCUT2D eigenvalue weighted by Gasteiger charge is -2.00. The Bertz CT molecular complexity index is 430. The molecule has 72 valence electrons. The van der Waals surface area contributed by atoms with Gasteiger partial charge in [-0.1, -0.05) is 0 Å². The molecule has 0 fully saturated rings. The highest BCUT2D eigenvalue weighted by molar-refractivity contribution is 9.08. The van der Waals surface area contributed by atoms with Gasteiger partial charge in [0, 0.05) is 12.4 Å². The van der Waals surface area contributed by atoms with Crippen LogP contribution in [0.4, 0.5) is 0 Å². The summed E-state index contributed by atoms with van der Waals surface area (Å²) in [5.41, 5.74) is 1.20. The maximum atomic E-state index is 11.9. The monoisotopic (exact) mass is 316 g/mol. The summed E-state index contributed by atoms with van der Waals surface area (Å²) in [7, 11) is 0. The molecule has 2 heterocycles. The normalized spacial score (nSPS) is 10.4. The maximum absolute atomic E-state index is 11.9. The Morgan fingerprint density at radius 2 is 1.43 bits per heavy atom. The van der Waals surface area contributed by atoms with Crippen molar-refractivity contribution >= 4 is 38.1 Å². The van der Waals surface area contributed by atoms with E-state index in [9.17, 15) is 4.79 Å². The summed E-state index contributed by atoms with van der Waals surface area (Å²) in [4.78, 5) is 11.9. The van der Waals surface area contributed by atoms with Crippen molar-refractivity contribution in [2.45, 2.75) is 0 Å². The molecule has 2 aromatic rings. The number of carbonyl (C=O) groups excluding carboxylic acids is 1. The van der Waals surface area contributed by atoms with Crippen molar-refractivity contribution in [2.75, 3.05) is 0 Å². The molecule has 0 bridgehead atoms. The van der Waals surface area contributed by atoms with Crippen LogP contribution in [-0.4, -0.2) is 13.0 Å². The van der Waals surface area contributed by atoms with E-state index >= 15 is 0 Å². The van der Waals surface area contributed by atoms with Gasteiger partial charge in [-0.05, 0) is 24.3 Å². The van der Waals surface area contributed by atoms with Crippen molar-refractivity contribution < 1.29 is 4.79 Å². The van der Waals surface area contributed by atoms with E-state index in [-0.39, 0.29) is 5.78 Å². The molecule has 2 aromatic heterocycles. The molecule has 0 atom stereocenters. The predicted octanol–water partition coefficient (Wildman–Crippen LogP) is 2.84. The number of rotatable bonds is 2. The Balaban J connectivity index is 2.44. The summed E-state index contributed by atoms with van der Waals surface area (Å²) in [6.45, 7) is 0. The van der Waals surface area contributed by atoms with Crippen molar-refractivity contribution in [3.63, 3.8) is 0 Å². The van der Waals surface area contributed by atoms with E-state index in [1.54, 1.807) is 31.7 Å². The smallest absolute Gasteiger partial charge is 0.227 e.